The molecule has 0 unspecified atom stereocenters. The average Bonchev–Trinajstić information content (AvgIpc) is 3.35. The number of hydrogen-bond acceptors (Lipinski definition) is 3. The molecule has 1 aliphatic heterocycles. The number of ketones is 1. The molecule has 0 saturated carbocycles. The Labute approximate surface area is 194 Å². The molecule has 5 rings (SSSR count). The topological polar surface area (TPSA) is 32.7 Å². The lowest BCUT2D eigenvalue weighted by molar-refractivity contribution is 0.104. The van der Waals surface area contributed by atoms with E-state index in [1.165, 1.54) is 5.56 Å². The van der Waals surface area contributed by atoms with Crippen molar-refractivity contribution in [2.24, 2.45) is 5.10 Å². The highest BCUT2D eigenvalue weighted by Gasteiger charge is 2.29. The Bertz CT molecular complexity index is 1280. The van der Waals surface area contributed by atoms with Crippen LogP contribution in [-0.4, -0.2) is 11.5 Å². The Kier molecular flexibility index (Phi) is 5.94. The summed E-state index contributed by atoms with van der Waals surface area (Å²) in [5.41, 5.74) is 6.18. The van der Waals surface area contributed by atoms with Crippen molar-refractivity contribution in [3.8, 4) is 0 Å². The Hall–Kier alpha value is -4.24. The smallest absolute Gasteiger partial charge is 0.185 e. The van der Waals surface area contributed by atoms with E-state index in [1.54, 1.807) is 6.08 Å². The third-order valence-electron chi connectivity index (χ3n) is 5.84. The second-order valence-electron chi connectivity index (χ2n) is 8.04. The van der Waals surface area contributed by atoms with Crippen molar-refractivity contribution >= 4 is 23.3 Å². The summed E-state index contributed by atoms with van der Waals surface area (Å²) >= 11 is 0. The van der Waals surface area contributed by atoms with Gasteiger partial charge in [0.1, 0.15) is 0 Å². The van der Waals surface area contributed by atoms with Crippen molar-refractivity contribution in [2.75, 3.05) is 5.01 Å². The number of nitrogens with zero attached hydrogens (tertiary/aromatic N) is 2. The van der Waals surface area contributed by atoms with E-state index in [0.29, 0.717) is 5.56 Å². The van der Waals surface area contributed by atoms with Gasteiger partial charge in [-0.25, -0.2) is 0 Å². The van der Waals surface area contributed by atoms with E-state index in [2.05, 4.69) is 65.7 Å². The molecule has 0 fully saturated rings. The van der Waals surface area contributed by atoms with Gasteiger partial charge in [-0.1, -0.05) is 109 Å². The first-order chi connectivity index (χ1) is 16.3. The van der Waals surface area contributed by atoms with Crippen molar-refractivity contribution in [3.05, 3.63) is 144 Å². The lowest BCUT2D eigenvalue weighted by Crippen LogP contribution is -2.18. The largest absolute Gasteiger partial charge is 0.289 e. The molecule has 3 heteroatoms. The quantitative estimate of drug-likeness (QED) is 0.246. The van der Waals surface area contributed by atoms with Crippen LogP contribution in [0.5, 0.6) is 0 Å². The summed E-state index contributed by atoms with van der Waals surface area (Å²) in [5, 5.41) is 7.12. The molecule has 0 radical (unpaired) electrons. The molecule has 1 aliphatic rings. The number of benzene rings is 4. The molecule has 0 N–H and O–H groups in total. The van der Waals surface area contributed by atoms with Crippen LogP contribution in [0.25, 0.3) is 6.08 Å². The fraction of sp³-hybridized carbons (Fsp3) is 0.0667. The fourth-order valence-electron chi connectivity index (χ4n) is 4.10. The number of carbonyl (C=O) groups excluding carboxylic acids is 1. The van der Waals surface area contributed by atoms with Crippen LogP contribution in [-0.2, 0) is 0 Å². The Balaban J connectivity index is 1.40. The fourth-order valence-corrected chi connectivity index (χ4v) is 4.10. The molecule has 1 atom stereocenters. The van der Waals surface area contributed by atoms with Gasteiger partial charge in [0.2, 0.25) is 0 Å². The van der Waals surface area contributed by atoms with Gasteiger partial charge in [-0.3, -0.25) is 9.80 Å². The standard InChI is InChI=1S/C30H24N2O/c33-30(26-14-8-3-9-15-26)21-18-23-16-19-27(20-17-23)32-29(25-12-6-2-7-13-25)22-28(31-32)24-10-4-1-5-11-24/h1-21,29H,22H2/b21-18+/t29-/m1/s1. The second-order valence-corrected chi connectivity index (χ2v) is 8.04. The van der Waals surface area contributed by atoms with Gasteiger partial charge in [0.05, 0.1) is 17.4 Å². The molecule has 1 heterocycles. The lowest BCUT2D eigenvalue weighted by Gasteiger charge is -2.24. The van der Waals surface area contributed by atoms with Crippen molar-refractivity contribution in [3.63, 3.8) is 0 Å². The zero-order valence-corrected chi connectivity index (χ0v) is 18.2. The summed E-state index contributed by atoms with van der Waals surface area (Å²) in [7, 11) is 0. The zero-order valence-electron chi connectivity index (χ0n) is 18.2. The van der Waals surface area contributed by atoms with Crippen LogP contribution in [0.2, 0.25) is 0 Å². The summed E-state index contributed by atoms with van der Waals surface area (Å²) in [6, 6.07) is 38.5. The molecule has 0 saturated heterocycles. The molecule has 0 aliphatic carbocycles. The predicted octanol–water partition coefficient (Wildman–Crippen LogP) is 6.94. The number of allylic oxidation sites excluding steroid dienone is 1. The SMILES string of the molecule is O=C(/C=C/c1ccc(N2N=C(c3ccccc3)C[C@@H]2c2ccccc2)cc1)c1ccccc1. The Morgan fingerprint density at radius 3 is 2.03 bits per heavy atom. The first-order valence-corrected chi connectivity index (χ1v) is 11.1. The maximum absolute atomic E-state index is 12.4. The van der Waals surface area contributed by atoms with Gasteiger partial charge in [0.15, 0.2) is 5.78 Å². The molecule has 0 aromatic heterocycles. The van der Waals surface area contributed by atoms with E-state index in [9.17, 15) is 4.79 Å². The van der Waals surface area contributed by atoms with Crippen LogP contribution in [0.4, 0.5) is 5.69 Å². The normalized spacial score (nSPS) is 15.6. The Morgan fingerprint density at radius 1 is 0.758 bits per heavy atom. The highest BCUT2D eigenvalue weighted by atomic mass is 16.1. The molecule has 160 valence electrons. The van der Waals surface area contributed by atoms with Gasteiger partial charge in [-0.15, -0.1) is 0 Å². The third-order valence-corrected chi connectivity index (χ3v) is 5.84. The molecule has 33 heavy (non-hydrogen) atoms. The molecule has 0 amide bonds. The minimum Gasteiger partial charge on any atom is -0.289 e. The molecular weight excluding hydrogens is 404 g/mol. The van der Waals surface area contributed by atoms with E-state index in [0.717, 1.165) is 28.9 Å². The van der Waals surface area contributed by atoms with Gasteiger partial charge in [0, 0.05) is 12.0 Å². The zero-order chi connectivity index (χ0) is 22.5. The van der Waals surface area contributed by atoms with Crippen molar-refractivity contribution < 1.29 is 4.79 Å². The van der Waals surface area contributed by atoms with Crippen LogP contribution in [0, 0.1) is 0 Å². The van der Waals surface area contributed by atoms with E-state index in [4.69, 9.17) is 5.10 Å². The number of carbonyl (C=O) groups is 1. The second kappa shape index (κ2) is 9.49. The van der Waals surface area contributed by atoms with Gasteiger partial charge in [0.25, 0.3) is 0 Å². The van der Waals surface area contributed by atoms with Crippen LogP contribution in [0.15, 0.2) is 126 Å². The van der Waals surface area contributed by atoms with Crippen LogP contribution in [0.3, 0.4) is 0 Å². The number of hydrazone groups is 1. The van der Waals surface area contributed by atoms with Crippen LogP contribution >= 0.6 is 0 Å². The monoisotopic (exact) mass is 428 g/mol. The van der Waals surface area contributed by atoms with E-state index in [1.807, 2.05) is 60.7 Å². The maximum Gasteiger partial charge on any atom is 0.185 e. The minimum atomic E-state index is 0.000430. The summed E-state index contributed by atoms with van der Waals surface area (Å²) in [5.74, 6) is 0.000430. The predicted molar refractivity (Wildman–Crippen MR) is 136 cm³/mol. The van der Waals surface area contributed by atoms with Gasteiger partial charge in [-0.05, 0) is 34.9 Å². The first-order valence-electron chi connectivity index (χ1n) is 11.1. The van der Waals surface area contributed by atoms with E-state index >= 15 is 0 Å². The summed E-state index contributed by atoms with van der Waals surface area (Å²) in [6.45, 7) is 0. The van der Waals surface area contributed by atoms with Crippen molar-refractivity contribution in [2.45, 2.75) is 12.5 Å². The third kappa shape index (κ3) is 4.68. The molecule has 3 nitrogen and oxygen atoms in total. The van der Waals surface area contributed by atoms with Crippen LogP contribution < -0.4 is 5.01 Å². The molecule has 4 aromatic rings. The molecular formula is C30H24N2O. The van der Waals surface area contributed by atoms with Gasteiger partial charge in [-0.2, -0.15) is 5.10 Å². The van der Waals surface area contributed by atoms with Gasteiger partial charge >= 0.3 is 0 Å². The lowest BCUT2D eigenvalue weighted by atomic mass is 9.98. The van der Waals surface area contributed by atoms with Crippen molar-refractivity contribution in [1.29, 1.82) is 0 Å². The summed E-state index contributed by atoms with van der Waals surface area (Å²) in [6.07, 6.45) is 4.33. The van der Waals surface area contributed by atoms with Gasteiger partial charge < -0.3 is 0 Å². The number of anilines is 1. The number of hydrogen-bond donors (Lipinski definition) is 0. The van der Waals surface area contributed by atoms with Crippen LogP contribution in [0.1, 0.15) is 39.5 Å². The highest BCUT2D eigenvalue weighted by Crippen LogP contribution is 2.36. The molecule has 0 spiro atoms. The Morgan fingerprint density at radius 2 is 1.36 bits per heavy atom. The summed E-state index contributed by atoms with van der Waals surface area (Å²) < 4.78 is 0. The minimum absolute atomic E-state index is 0.000430. The maximum atomic E-state index is 12.4. The van der Waals surface area contributed by atoms with E-state index in [-0.39, 0.29) is 11.8 Å². The molecule has 0 bridgehead atoms. The van der Waals surface area contributed by atoms with Crippen molar-refractivity contribution in [1.82, 2.24) is 0 Å². The van der Waals surface area contributed by atoms with E-state index < -0.39 is 0 Å². The summed E-state index contributed by atoms with van der Waals surface area (Å²) in [4.78, 5) is 12.4. The highest BCUT2D eigenvalue weighted by molar-refractivity contribution is 6.06. The first kappa shape index (κ1) is 20.7. The molecule has 4 aromatic carbocycles. The average molecular weight is 429 g/mol. The number of rotatable bonds is 6.